The molecule has 2 rings (SSSR count). The Morgan fingerprint density at radius 3 is 2.44 bits per heavy atom. The van der Waals surface area contributed by atoms with E-state index >= 15 is 0 Å². The first-order chi connectivity index (χ1) is 8.66. The average Bonchev–Trinajstić information content (AvgIpc) is 2.38. The Bertz CT molecular complexity index is 637. The summed E-state index contributed by atoms with van der Waals surface area (Å²) in [6.07, 6.45) is 0. The van der Waals surface area contributed by atoms with Crippen molar-refractivity contribution in [1.82, 2.24) is 0 Å². The molecule has 88 valence electrons. The number of rotatable bonds is 1. The van der Waals surface area contributed by atoms with Crippen LogP contribution >= 0.6 is 11.6 Å². The van der Waals surface area contributed by atoms with Gasteiger partial charge in [0.2, 0.25) is 0 Å². The molecule has 0 amide bonds. The molecule has 2 aromatic rings. The summed E-state index contributed by atoms with van der Waals surface area (Å²) in [7, 11) is 0. The van der Waals surface area contributed by atoms with E-state index in [1.165, 1.54) is 12.1 Å². The molecule has 0 unspecified atom stereocenters. The third-order valence-corrected chi connectivity index (χ3v) is 2.66. The fraction of sp³-hybridized carbons (Fsp3) is 0. The minimum absolute atomic E-state index is 0.178. The van der Waals surface area contributed by atoms with Crippen LogP contribution in [0.2, 0.25) is 5.02 Å². The predicted molar refractivity (Wildman–Crippen MR) is 70.8 cm³/mol. The summed E-state index contributed by atoms with van der Waals surface area (Å²) in [5, 5.41) is 9.34. The zero-order valence-corrected chi connectivity index (χ0v) is 10.1. The maximum absolute atomic E-state index is 10.8. The van der Waals surface area contributed by atoms with Gasteiger partial charge in [-0.15, -0.1) is 0 Å². The normalized spacial score (nSPS) is 9.39. The molecule has 0 radical (unpaired) electrons. The smallest absolute Gasteiger partial charge is 0.335 e. The van der Waals surface area contributed by atoms with Gasteiger partial charge in [0.05, 0.1) is 10.6 Å². The Kier molecular flexibility index (Phi) is 3.66. The third-order valence-electron chi connectivity index (χ3n) is 2.33. The van der Waals surface area contributed by atoms with Gasteiger partial charge in [-0.05, 0) is 30.3 Å². The van der Waals surface area contributed by atoms with Crippen LogP contribution in [0.5, 0.6) is 0 Å². The van der Waals surface area contributed by atoms with E-state index in [1.54, 1.807) is 6.07 Å². The molecule has 3 heteroatoms. The predicted octanol–water partition coefficient (Wildman–Crippen LogP) is 3.44. The van der Waals surface area contributed by atoms with Gasteiger partial charge in [0.15, 0.2) is 0 Å². The number of carbonyl (C=O) groups is 1. The highest BCUT2D eigenvalue weighted by atomic mass is 35.5. The Hall–Kier alpha value is -2.24. The molecular formula is C15H9ClO2. The van der Waals surface area contributed by atoms with Gasteiger partial charge < -0.3 is 5.11 Å². The maximum Gasteiger partial charge on any atom is 0.335 e. The van der Waals surface area contributed by atoms with Crippen LogP contribution < -0.4 is 0 Å². The first-order valence-electron chi connectivity index (χ1n) is 5.27. The van der Waals surface area contributed by atoms with E-state index in [0.717, 1.165) is 5.56 Å². The van der Waals surface area contributed by atoms with E-state index in [2.05, 4.69) is 11.8 Å². The number of benzene rings is 2. The van der Waals surface area contributed by atoms with E-state index in [0.29, 0.717) is 10.6 Å². The SMILES string of the molecule is O=C(O)c1ccc(Cl)c(C#Cc2ccccc2)c1. The highest BCUT2D eigenvalue weighted by molar-refractivity contribution is 6.31. The second kappa shape index (κ2) is 5.39. The third kappa shape index (κ3) is 2.91. The largest absolute Gasteiger partial charge is 0.478 e. The van der Waals surface area contributed by atoms with Crippen LogP contribution in [0.15, 0.2) is 48.5 Å². The molecule has 0 aliphatic carbocycles. The first kappa shape index (κ1) is 12.2. The topological polar surface area (TPSA) is 37.3 Å². The molecule has 18 heavy (non-hydrogen) atoms. The van der Waals surface area contributed by atoms with Crippen LogP contribution in [-0.2, 0) is 0 Å². The summed E-state index contributed by atoms with van der Waals surface area (Å²) in [5.41, 5.74) is 1.55. The summed E-state index contributed by atoms with van der Waals surface area (Å²) in [6, 6.07) is 13.9. The number of hydrogen-bond donors (Lipinski definition) is 1. The molecule has 0 aliphatic heterocycles. The van der Waals surface area contributed by atoms with Crippen molar-refractivity contribution in [3.63, 3.8) is 0 Å². The van der Waals surface area contributed by atoms with Gasteiger partial charge in [-0.2, -0.15) is 0 Å². The summed E-state index contributed by atoms with van der Waals surface area (Å²) in [4.78, 5) is 10.8. The number of halogens is 1. The molecule has 0 bridgehead atoms. The van der Waals surface area contributed by atoms with Crippen molar-refractivity contribution < 1.29 is 9.90 Å². The molecule has 2 aromatic carbocycles. The summed E-state index contributed by atoms with van der Waals surface area (Å²) in [6.45, 7) is 0. The molecular weight excluding hydrogens is 248 g/mol. The van der Waals surface area contributed by atoms with E-state index in [9.17, 15) is 4.79 Å². The van der Waals surface area contributed by atoms with Crippen LogP contribution in [0.1, 0.15) is 21.5 Å². The molecule has 2 nitrogen and oxygen atoms in total. The number of aromatic carboxylic acids is 1. The summed E-state index contributed by atoms with van der Waals surface area (Å²) < 4.78 is 0. The molecule has 0 saturated carbocycles. The van der Waals surface area contributed by atoms with Crippen molar-refractivity contribution in [2.45, 2.75) is 0 Å². The van der Waals surface area contributed by atoms with E-state index in [4.69, 9.17) is 16.7 Å². The second-order valence-corrected chi connectivity index (χ2v) is 4.02. The number of carboxylic acid groups (broad SMARTS) is 1. The van der Waals surface area contributed by atoms with Crippen molar-refractivity contribution in [1.29, 1.82) is 0 Å². The molecule has 0 saturated heterocycles. The highest BCUT2D eigenvalue weighted by Crippen LogP contribution is 2.16. The van der Waals surface area contributed by atoms with Crippen molar-refractivity contribution in [2.24, 2.45) is 0 Å². The minimum Gasteiger partial charge on any atom is -0.478 e. The van der Waals surface area contributed by atoms with Gasteiger partial charge in [0.1, 0.15) is 0 Å². The van der Waals surface area contributed by atoms with Crippen molar-refractivity contribution in [3.8, 4) is 11.8 Å². The standard InChI is InChI=1S/C15H9ClO2/c16-14-9-8-13(15(17)18)10-12(14)7-6-11-4-2-1-3-5-11/h1-5,8-10H,(H,17,18). The molecule has 0 fully saturated rings. The van der Waals surface area contributed by atoms with E-state index < -0.39 is 5.97 Å². The average molecular weight is 257 g/mol. The molecule has 0 atom stereocenters. The number of hydrogen-bond acceptors (Lipinski definition) is 1. The van der Waals surface area contributed by atoms with Crippen molar-refractivity contribution in [3.05, 3.63) is 70.2 Å². The summed E-state index contributed by atoms with van der Waals surface area (Å²) in [5.74, 6) is 4.83. The Balaban J connectivity index is 2.38. The fourth-order valence-electron chi connectivity index (χ4n) is 1.42. The monoisotopic (exact) mass is 256 g/mol. The van der Waals surface area contributed by atoms with Crippen LogP contribution in [0, 0.1) is 11.8 Å². The maximum atomic E-state index is 10.8. The van der Waals surface area contributed by atoms with Crippen LogP contribution in [0.4, 0.5) is 0 Å². The van der Waals surface area contributed by atoms with E-state index in [-0.39, 0.29) is 5.56 Å². The van der Waals surface area contributed by atoms with Crippen molar-refractivity contribution in [2.75, 3.05) is 0 Å². The zero-order chi connectivity index (χ0) is 13.0. The van der Waals surface area contributed by atoms with Crippen LogP contribution in [0.25, 0.3) is 0 Å². The Morgan fingerprint density at radius 1 is 1.06 bits per heavy atom. The first-order valence-corrected chi connectivity index (χ1v) is 5.64. The van der Waals surface area contributed by atoms with E-state index in [1.807, 2.05) is 30.3 Å². The number of carboxylic acids is 1. The molecule has 0 aliphatic rings. The van der Waals surface area contributed by atoms with Gasteiger partial charge in [-0.3, -0.25) is 0 Å². The summed E-state index contributed by atoms with van der Waals surface area (Å²) >= 11 is 5.97. The lowest BCUT2D eigenvalue weighted by molar-refractivity contribution is 0.0697. The Labute approximate surface area is 110 Å². The lowest BCUT2D eigenvalue weighted by atomic mass is 10.1. The van der Waals surface area contributed by atoms with Crippen LogP contribution in [-0.4, -0.2) is 11.1 Å². The highest BCUT2D eigenvalue weighted by Gasteiger charge is 2.05. The zero-order valence-electron chi connectivity index (χ0n) is 9.35. The molecule has 1 N–H and O–H groups in total. The van der Waals surface area contributed by atoms with Crippen molar-refractivity contribution >= 4 is 17.6 Å². The lowest BCUT2D eigenvalue weighted by Crippen LogP contribution is -1.96. The Morgan fingerprint density at radius 2 is 1.78 bits per heavy atom. The second-order valence-electron chi connectivity index (χ2n) is 3.62. The van der Waals surface area contributed by atoms with Gasteiger partial charge in [0.25, 0.3) is 0 Å². The van der Waals surface area contributed by atoms with Crippen LogP contribution in [0.3, 0.4) is 0 Å². The minimum atomic E-state index is -0.991. The van der Waals surface area contributed by atoms with Gasteiger partial charge in [-0.1, -0.05) is 41.6 Å². The molecule has 0 heterocycles. The quantitative estimate of drug-likeness (QED) is 0.794. The lowest BCUT2D eigenvalue weighted by Gasteiger charge is -1.98. The molecule has 0 spiro atoms. The van der Waals surface area contributed by atoms with Gasteiger partial charge >= 0.3 is 5.97 Å². The molecule has 0 aromatic heterocycles. The van der Waals surface area contributed by atoms with Gasteiger partial charge in [-0.25, -0.2) is 4.79 Å². The fourth-order valence-corrected chi connectivity index (χ4v) is 1.58. The van der Waals surface area contributed by atoms with Gasteiger partial charge in [0, 0.05) is 11.1 Å².